The Labute approximate surface area is 177 Å². The van der Waals surface area contributed by atoms with Crippen LogP contribution in [0.15, 0.2) is 36.4 Å². The molecular formula is C24H32F2O4. The Morgan fingerprint density at radius 2 is 1.20 bits per heavy atom. The quantitative estimate of drug-likeness (QED) is 0.372. The molecule has 2 aromatic rings. The Hall–Kier alpha value is -2.18. The summed E-state index contributed by atoms with van der Waals surface area (Å²) in [4.78, 5) is 0. The summed E-state index contributed by atoms with van der Waals surface area (Å²) in [6.45, 7) is 1.09. The van der Waals surface area contributed by atoms with E-state index in [2.05, 4.69) is 0 Å². The van der Waals surface area contributed by atoms with Crippen LogP contribution in [-0.4, -0.2) is 36.6 Å². The highest BCUT2D eigenvalue weighted by molar-refractivity contribution is 5.72. The standard InChI is InChI=1S/C24H32F2O4/c25-20-11-9-19(10-12-20)21-13-14-22(29-17-7-3-1-5-15-27)23(26)24(21)30-18-8-4-2-6-16-28/h9-14,27-28H,1-8,15-18H2. The molecule has 2 aromatic carbocycles. The Kier molecular flexibility index (Phi) is 11.2. The van der Waals surface area contributed by atoms with E-state index in [1.54, 1.807) is 24.3 Å². The molecule has 0 spiro atoms. The Morgan fingerprint density at radius 3 is 1.80 bits per heavy atom. The molecule has 4 nitrogen and oxygen atoms in total. The van der Waals surface area contributed by atoms with E-state index in [1.807, 2.05) is 0 Å². The first kappa shape index (κ1) is 24.1. The minimum atomic E-state index is -0.553. The SMILES string of the molecule is OCCCCCCOc1ccc(-c2ccc(F)cc2)c(OCCCCCCO)c1F. The van der Waals surface area contributed by atoms with Gasteiger partial charge in [0, 0.05) is 18.8 Å². The number of ether oxygens (including phenoxy) is 2. The predicted octanol–water partition coefficient (Wildman–Crippen LogP) is 5.49. The zero-order valence-corrected chi connectivity index (χ0v) is 17.4. The molecule has 0 saturated carbocycles. The molecule has 166 valence electrons. The van der Waals surface area contributed by atoms with Gasteiger partial charge in [-0.05, 0) is 68.4 Å². The minimum Gasteiger partial charge on any atom is -0.490 e. The molecule has 6 heteroatoms. The average molecular weight is 423 g/mol. The molecule has 0 aromatic heterocycles. The van der Waals surface area contributed by atoms with Crippen molar-refractivity contribution in [3.8, 4) is 22.6 Å². The lowest BCUT2D eigenvalue weighted by atomic mass is 10.0. The summed E-state index contributed by atoms with van der Waals surface area (Å²) in [6, 6.07) is 9.18. The van der Waals surface area contributed by atoms with E-state index in [1.165, 1.54) is 12.1 Å². The summed E-state index contributed by atoms with van der Waals surface area (Å²) in [5, 5.41) is 17.7. The lowest BCUT2D eigenvalue weighted by molar-refractivity contribution is 0.257. The number of hydrogen-bond acceptors (Lipinski definition) is 4. The van der Waals surface area contributed by atoms with E-state index in [4.69, 9.17) is 19.7 Å². The van der Waals surface area contributed by atoms with Crippen LogP contribution in [0.1, 0.15) is 51.4 Å². The molecule has 0 aliphatic heterocycles. The highest BCUT2D eigenvalue weighted by Crippen LogP contribution is 2.37. The van der Waals surface area contributed by atoms with Crippen molar-refractivity contribution in [3.05, 3.63) is 48.0 Å². The van der Waals surface area contributed by atoms with Crippen LogP contribution in [0.4, 0.5) is 8.78 Å². The van der Waals surface area contributed by atoms with Gasteiger partial charge in [0.15, 0.2) is 11.5 Å². The highest BCUT2D eigenvalue weighted by Gasteiger charge is 2.17. The van der Waals surface area contributed by atoms with Gasteiger partial charge in [-0.3, -0.25) is 0 Å². The fourth-order valence-electron chi connectivity index (χ4n) is 3.14. The van der Waals surface area contributed by atoms with Crippen molar-refractivity contribution in [1.29, 1.82) is 0 Å². The fraction of sp³-hybridized carbons (Fsp3) is 0.500. The summed E-state index contributed by atoms with van der Waals surface area (Å²) >= 11 is 0. The van der Waals surface area contributed by atoms with Crippen molar-refractivity contribution in [2.75, 3.05) is 26.4 Å². The Morgan fingerprint density at radius 1 is 0.633 bits per heavy atom. The second-order valence-corrected chi connectivity index (χ2v) is 7.23. The van der Waals surface area contributed by atoms with Gasteiger partial charge in [-0.1, -0.05) is 25.0 Å². The fourth-order valence-corrected chi connectivity index (χ4v) is 3.14. The van der Waals surface area contributed by atoms with Crippen molar-refractivity contribution >= 4 is 0 Å². The van der Waals surface area contributed by atoms with Crippen molar-refractivity contribution in [2.45, 2.75) is 51.4 Å². The third-order valence-electron chi connectivity index (χ3n) is 4.83. The highest BCUT2D eigenvalue weighted by atomic mass is 19.1. The number of aliphatic hydroxyl groups is 2. The first-order valence-corrected chi connectivity index (χ1v) is 10.7. The van der Waals surface area contributed by atoms with Gasteiger partial charge < -0.3 is 19.7 Å². The Bertz CT molecular complexity index is 735. The Balaban J connectivity index is 2.08. The van der Waals surface area contributed by atoms with Crippen molar-refractivity contribution < 1.29 is 28.5 Å². The molecule has 0 radical (unpaired) electrons. The molecule has 0 bridgehead atoms. The van der Waals surface area contributed by atoms with Gasteiger partial charge in [0.2, 0.25) is 5.82 Å². The molecular weight excluding hydrogens is 390 g/mol. The van der Waals surface area contributed by atoms with Crippen LogP contribution in [0, 0.1) is 11.6 Å². The maximum Gasteiger partial charge on any atom is 0.207 e. The van der Waals surface area contributed by atoms with E-state index in [0.717, 1.165) is 51.4 Å². The third kappa shape index (κ3) is 7.92. The maximum absolute atomic E-state index is 15.2. The minimum absolute atomic E-state index is 0.113. The van der Waals surface area contributed by atoms with Gasteiger partial charge in [0.05, 0.1) is 13.2 Å². The van der Waals surface area contributed by atoms with Crippen LogP contribution >= 0.6 is 0 Å². The topological polar surface area (TPSA) is 58.9 Å². The summed E-state index contributed by atoms with van der Waals surface area (Å²) in [6.07, 6.45) is 6.64. The van der Waals surface area contributed by atoms with Gasteiger partial charge in [-0.2, -0.15) is 4.39 Å². The number of benzene rings is 2. The second-order valence-electron chi connectivity index (χ2n) is 7.23. The molecule has 0 atom stereocenters. The summed E-state index contributed by atoms with van der Waals surface area (Å²) in [7, 11) is 0. The van der Waals surface area contributed by atoms with Gasteiger partial charge in [0.1, 0.15) is 5.82 Å². The maximum atomic E-state index is 15.2. The van der Waals surface area contributed by atoms with Gasteiger partial charge in [0.25, 0.3) is 0 Å². The van der Waals surface area contributed by atoms with Gasteiger partial charge in [-0.25, -0.2) is 4.39 Å². The van der Waals surface area contributed by atoms with Crippen LogP contribution in [0.5, 0.6) is 11.5 Å². The molecule has 0 unspecified atom stereocenters. The number of unbranched alkanes of at least 4 members (excludes halogenated alkanes) is 6. The average Bonchev–Trinajstić information content (AvgIpc) is 2.75. The zero-order valence-electron chi connectivity index (χ0n) is 17.4. The molecule has 0 fully saturated rings. The van der Waals surface area contributed by atoms with E-state index >= 15 is 4.39 Å². The number of halogens is 2. The lowest BCUT2D eigenvalue weighted by Gasteiger charge is -2.16. The van der Waals surface area contributed by atoms with Crippen molar-refractivity contribution in [2.24, 2.45) is 0 Å². The molecule has 2 rings (SSSR count). The van der Waals surface area contributed by atoms with Gasteiger partial charge >= 0.3 is 0 Å². The van der Waals surface area contributed by atoms with Crippen LogP contribution in [-0.2, 0) is 0 Å². The van der Waals surface area contributed by atoms with E-state index in [9.17, 15) is 4.39 Å². The number of rotatable bonds is 15. The number of hydrogen-bond donors (Lipinski definition) is 2. The van der Waals surface area contributed by atoms with Crippen LogP contribution < -0.4 is 9.47 Å². The molecule has 0 saturated heterocycles. The predicted molar refractivity (Wildman–Crippen MR) is 114 cm³/mol. The van der Waals surface area contributed by atoms with E-state index < -0.39 is 5.82 Å². The monoisotopic (exact) mass is 422 g/mol. The summed E-state index contributed by atoms with van der Waals surface area (Å²) in [5.41, 5.74) is 1.22. The van der Waals surface area contributed by atoms with Crippen molar-refractivity contribution in [3.63, 3.8) is 0 Å². The van der Waals surface area contributed by atoms with Crippen LogP contribution in [0.3, 0.4) is 0 Å². The molecule has 0 aliphatic carbocycles. The smallest absolute Gasteiger partial charge is 0.207 e. The van der Waals surface area contributed by atoms with Crippen LogP contribution in [0.2, 0.25) is 0 Å². The summed E-state index contributed by atoms with van der Waals surface area (Å²) in [5.74, 6) is -0.658. The van der Waals surface area contributed by atoms with Gasteiger partial charge in [-0.15, -0.1) is 0 Å². The molecule has 0 amide bonds. The third-order valence-corrected chi connectivity index (χ3v) is 4.83. The first-order valence-electron chi connectivity index (χ1n) is 10.7. The van der Waals surface area contributed by atoms with E-state index in [-0.39, 0.29) is 30.5 Å². The number of aliphatic hydroxyl groups excluding tert-OH is 2. The first-order chi connectivity index (χ1) is 14.7. The molecule has 2 N–H and O–H groups in total. The zero-order chi connectivity index (χ0) is 21.6. The molecule has 0 aliphatic rings. The lowest BCUT2D eigenvalue weighted by Crippen LogP contribution is -2.05. The second kappa shape index (κ2) is 13.9. The molecule has 30 heavy (non-hydrogen) atoms. The normalized spacial score (nSPS) is 10.9. The summed E-state index contributed by atoms with van der Waals surface area (Å²) < 4.78 is 39.9. The molecule has 0 heterocycles. The van der Waals surface area contributed by atoms with Crippen LogP contribution in [0.25, 0.3) is 11.1 Å². The largest absolute Gasteiger partial charge is 0.490 e. The van der Waals surface area contributed by atoms with Crippen molar-refractivity contribution in [1.82, 2.24) is 0 Å². The van der Waals surface area contributed by atoms with E-state index in [0.29, 0.717) is 24.3 Å².